The lowest BCUT2D eigenvalue weighted by molar-refractivity contribution is 0.505. The molecular formula is C6H17ClN2. The number of hydrogen-bond acceptors (Lipinski definition) is 2. The molecule has 0 amide bonds. The van der Waals surface area contributed by atoms with E-state index in [0.717, 1.165) is 6.42 Å². The van der Waals surface area contributed by atoms with Crippen LogP contribution < -0.4 is 5.73 Å². The molecule has 0 aliphatic rings. The number of halogens is 1. The molecule has 3 heteroatoms. The summed E-state index contributed by atoms with van der Waals surface area (Å²) in [4.78, 5) is 2.00. The molecule has 0 aromatic rings. The molecule has 0 aromatic heterocycles. The summed E-state index contributed by atoms with van der Waals surface area (Å²) in [6.07, 6.45) is 0.932. The van der Waals surface area contributed by atoms with Crippen LogP contribution in [0.4, 0.5) is 0 Å². The molecule has 0 saturated heterocycles. The minimum absolute atomic E-state index is 0.691. The second kappa shape index (κ2) is 11.1. The van der Waals surface area contributed by atoms with E-state index < -0.39 is 0 Å². The second-order valence-corrected chi connectivity index (χ2v) is 2.55. The van der Waals surface area contributed by atoms with Gasteiger partial charge in [-0.1, -0.05) is 0 Å². The molecule has 0 rings (SSSR count). The van der Waals surface area contributed by atoms with Crippen molar-refractivity contribution in [1.82, 2.24) is 4.90 Å². The number of hydrogen-bond donors (Lipinski definition) is 1. The third-order valence-corrected chi connectivity index (χ3v) is 0.605. The quantitative estimate of drug-likeness (QED) is 0.592. The Balaban J connectivity index is 0. The summed E-state index contributed by atoms with van der Waals surface area (Å²) in [6.45, 7) is 0.712. The van der Waals surface area contributed by atoms with Gasteiger partial charge in [0.1, 0.15) is 0 Å². The van der Waals surface area contributed by atoms with Crippen LogP contribution in [0.15, 0.2) is 0 Å². The first-order valence-electron chi connectivity index (χ1n) is 3.02. The maximum Gasteiger partial charge on any atom is 0.0235 e. The molecule has 0 atom stereocenters. The first kappa shape index (κ1) is 11.9. The second-order valence-electron chi connectivity index (χ2n) is 2.17. The molecule has 0 saturated carbocycles. The van der Waals surface area contributed by atoms with Crippen molar-refractivity contribution in [1.29, 1.82) is 0 Å². The smallest absolute Gasteiger partial charge is 0.0235 e. The van der Waals surface area contributed by atoms with Crippen molar-refractivity contribution in [3.8, 4) is 0 Å². The van der Waals surface area contributed by atoms with Crippen molar-refractivity contribution in [2.75, 3.05) is 33.6 Å². The highest BCUT2D eigenvalue weighted by Gasteiger charge is 1.70. The van der Waals surface area contributed by atoms with E-state index in [9.17, 15) is 0 Å². The van der Waals surface area contributed by atoms with Gasteiger partial charge >= 0.3 is 0 Å². The van der Waals surface area contributed by atoms with Gasteiger partial charge in [0, 0.05) is 5.88 Å². The molecule has 0 spiro atoms. The lowest BCUT2D eigenvalue weighted by Gasteiger charge is -1.90. The average Bonchev–Trinajstić information content (AvgIpc) is 1.66. The Morgan fingerprint density at radius 3 is 1.67 bits per heavy atom. The molecule has 2 nitrogen and oxygen atoms in total. The van der Waals surface area contributed by atoms with Gasteiger partial charge < -0.3 is 10.6 Å². The Morgan fingerprint density at radius 1 is 1.33 bits per heavy atom. The van der Waals surface area contributed by atoms with E-state index in [4.69, 9.17) is 17.3 Å². The van der Waals surface area contributed by atoms with E-state index in [2.05, 4.69) is 0 Å². The molecule has 0 aliphatic carbocycles. The molecule has 58 valence electrons. The van der Waals surface area contributed by atoms with E-state index in [1.54, 1.807) is 0 Å². The first-order valence-corrected chi connectivity index (χ1v) is 3.55. The summed E-state index contributed by atoms with van der Waals surface area (Å²) in [5.41, 5.74) is 5.05. The predicted octanol–water partition coefficient (Wildman–Crippen LogP) is 0.752. The zero-order valence-electron chi connectivity index (χ0n) is 6.52. The van der Waals surface area contributed by atoms with Crippen LogP contribution in [0, 0.1) is 0 Å². The molecule has 0 bridgehead atoms. The fourth-order valence-corrected chi connectivity index (χ4v) is 0.231. The third kappa shape index (κ3) is 64.8. The van der Waals surface area contributed by atoms with Crippen LogP contribution in [0.25, 0.3) is 0 Å². The van der Waals surface area contributed by atoms with Gasteiger partial charge in [0.15, 0.2) is 0 Å². The van der Waals surface area contributed by atoms with Gasteiger partial charge in [0.25, 0.3) is 0 Å². The Kier molecular flexibility index (Phi) is 14.7. The van der Waals surface area contributed by atoms with Crippen LogP contribution in [0.3, 0.4) is 0 Å². The maximum atomic E-state index is 5.22. The highest BCUT2D eigenvalue weighted by atomic mass is 35.5. The van der Waals surface area contributed by atoms with Crippen LogP contribution in [0.2, 0.25) is 0 Å². The van der Waals surface area contributed by atoms with E-state index in [-0.39, 0.29) is 0 Å². The summed E-state index contributed by atoms with van der Waals surface area (Å²) in [5.74, 6) is 0.691. The monoisotopic (exact) mass is 152 g/mol. The van der Waals surface area contributed by atoms with Crippen molar-refractivity contribution >= 4 is 11.6 Å². The van der Waals surface area contributed by atoms with Crippen molar-refractivity contribution in [2.45, 2.75) is 6.42 Å². The van der Waals surface area contributed by atoms with Gasteiger partial charge in [-0.2, -0.15) is 0 Å². The predicted molar refractivity (Wildman–Crippen MR) is 44.0 cm³/mol. The van der Waals surface area contributed by atoms with Gasteiger partial charge in [0.05, 0.1) is 0 Å². The topological polar surface area (TPSA) is 29.3 Å². The van der Waals surface area contributed by atoms with Crippen molar-refractivity contribution in [3.05, 3.63) is 0 Å². The Labute approximate surface area is 63.0 Å². The maximum absolute atomic E-state index is 5.22. The number of rotatable bonds is 2. The summed E-state index contributed by atoms with van der Waals surface area (Å²) in [6, 6.07) is 0. The summed E-state index contributed by atoms with van der Waals surface area (Å²) >= 11 is 5.22. The molecule has 0 unspecified atom stereocenters. The van der Waals surface area contributed by atoms with Gasteiger partial charge in [-0.15, -0.1) is 11.6 Å². The van der Waals surface area contributed by atoms with Gasteiger partial charge in [0.2, 0.25) is 0 Å². The SMILES string of the molecule is CN(C)C.NCCCCl. The Hall–Kier alpha value is 0.210. The Bertz CT molecular complexity index is 35.3. The third-order valence-electron chi connectivity index (χ3n) is 0.338. The molecule has 0 aromatic carbocycles. The summed E-state index contributed by atoms with van der Waals surface area (Å²) < 4.78 is 0. The molecule has 9 heavy (non-hydrogen) atoms. The van der Waals surface area contributed by atoms with E-state index in [1.807, 2.05) is 26.0 Å². The van der Waals surface area contributed by atoms with E-state index in [0.29, 0.717) is 12.4 Å². The van der Waals surface area contributed by atoms with E-state index in [1.165, 1.54) is 0 Å². The normalized spacial score (nSPS) is 8.67. The van der Waals surface area contributed by atoms with Gasteiger partial charge in [-0.05, 0) is 34.1 Å². The molecule has 0 aliphatic heterocycles. The van der Waals surface area contributed by atoms with Crippen LogP contribution in [0.1, 0.15) is 6.42 Å². The summed E-state index contributed by atoms with van der Waals surface area (Å²) in [5, 5.41) is 0. The Morgan fingerprint density at radius 2 is 1.67 bits per heavy atom. The minimum atomic E-state index is 0.691. The number of alkyl halides is 1. The fourth-order valence-electron chi connectivity index (χ4n) is 0.0772. The molecule has 0 fully saturated rings. The zero-order valence-corrected chi connectivity index (χ0v) is 7.28. The van der Waals surface area contributed by atoms with E-state index >= 15 is 0 Å². The number of nitrogens with zero attached hydrogens (tertiary/aromatic N) is 1. The highest BCUT2D eigenvalue weighted by Crippen LogP contribution is 1.76. The van der Waals surface area contributed by atoms with Gasteiger partial charge in [-0.25, -0.2) is 0 Å². The fraction of sp³-hybridized carbons (Fsp3) is 1.00. The summed E-state index contributed by atoms with van der Waals surface area (Å²) in [7, 11) is 6.00. The van der Waals surface area contributed by atoms with Crippen LogP contribution in [0.5, 0.6) is 0 Å². The van der Waals surface area contributed by atoms with Crippen LogP contribution in [-0.2, 0) is 0 Å². The molecular weight excluding hydrogens is 136 g/mol. The van der Waals surface area contributed by atoms with Crippen molar-refractivity contribution in [3.63, 3.8) is 0 Å². The van der Waals surface area contributed by atoms with Crippen LogP contribution >= 0.6 is 11.6 Å². The van der Waals surface area contributed by atoms with Crippen molar-refractivity contribution in [2.24, 2.45) is 5.73 Å². The lowest BCUT2D eigenvalue weighted by atomic mass is 10.5. The first-order chi connectivity index (χ1) is 4.15. The largest absolute Gasteiger partial charge is 0.330 e. The molecule has 2 N–H and O–H groups in total. The lowest BCUT2D eigenvalue weighted by Crippen LogP contribution is -1.99. The molecule has 0 radical (unpaired) electrons. The zero-order chi connectivity index (χ0) is 7.70. The highest BCUT2D eigenvalue weighted by molar-refractivity contribution is 6.17. The standard InChI is InChI=1S/C3H8ClN.C3H9N/c4-2-1-3-5;1-4(2)3/h1-3,5H2;1-3H3. The molecule has 0 heterocycles. The minimum Gasteiger partial charge on any atom is -0.330 e. The van der Waals surface area contributed by atoms with Crippen LogP contribution in [-0.4, -0.2) is 38.5 Å². The van der Waals surface area contributed by atoms with Crippen molar-refractivity contribution < 1.29 is 0 Å². The number of nitrogens with two attached hydrogens (primary N) is 1. The van der Waals surface area contributed by atoms with Gasteiger partial charge in [-0.3, -0.25) is 0 Å². The average molecular weight is 153 g/mol.